The highest BCUT2D eigenvalue weighted by Gasteiger charge is 2.33. The minimum Gasteiger partial charge on any atom is -0.366 e. The number of amides is 2. The Morgan fingerprint density at radius 1 is 1.20 bits per heavy atom. The van der Waals surface area contributed by atoms with E-state index in [2.05, 4.69) is 20.5 Å². The first-order chi connectivity index (χ1) is 11.8. The van der Waals surface area contributed by atoms with Crippen LogP contribution in [-0.4, -0.2) is 27.0 Å². The number of nitrogens with two attached hydrogens (primary N) is 1. The van der Waals surface area contributed by atoms with Gasteiger partial charge in [-0.2, -0.15) is 18.3 Å². The largest absolute Gasteiger partial charge is 0.433 e. The lowest BCUT2D eigenvalue weighted by molar-refractivity contribution is -0.141. The van der Waals surface area contributed by atoms with Crippen molar-refractivity contribution in [2.45, 2.75) is 6.18 Å². The molecule has 2 amide bonds. The Morgan fingerprint density at radius 3 is 2.64 bits per heavy atom. The number of benzene rings is 1. The second-order valence-corrected chi connectivity index (χ2v) is 5.07. The van der Waals surface area contributed by atoms with Crippen molar-refractivity contribution in [3.63, 3.8) is 0 Å². The van der Waals surface area contributed by atoms with E-state index in [1.165, 1.54) is 18.3 Å². The third-order valence-corrected chi connectivity index (χ3v) is 3.36. The van der Waals surface area contributed by atoms with Gasteiger partial charge in [0.25, 0.3) is 11.8 Å². The maximum Gasteiger partial charge on any atom is 0.433 e. The van der Waals surface area contributed by atoms with Crippen LogP contribution in [-0.2, 0) is 6.18 Å². The smallest absolute Gasteiger partial charge is 0.366 e. The second kappa shape index (κ2) is 5.89. The molecule has 0 saturated carbocycles. The van der Waals surface area contributed by atoms with Crippen LogP contribution in [0.1, 0.15) is 26.5 Å². The monoisotopic (exact) mass is 349 g/mol. The summed E-state index contributed by atoms with van der Waals surface area (Å²) in [5.41, 5.74) is 4.10. The number of pyridine rings is 1. The van der Waals surface area contributed by atoms with Gasteiger partial charge in [-0.25, -0.2) is 4.98 Å². The van der Waals surface area contributed by atoms with E-state index in [0.717, 1.165) is 18.2 Å². The Labute approximate surface area is 138 Å². The van der Waals surface area contributed by atoms with Gasteiger partial charge in [-0.3, -0.25) is 14.7 Å². The molecule has 0 bridgehead atoms. The molecule has 0 aliphatic rings. The molecule has 0 radical (unpaired) electrons. The van der Waals surface area contributed by atoms with E-state index < -0.39 is 29.4 Å². The molecule has 1 aromatic carbocycles. The number of hydrogen-bond acceptors (Lipinski definition) is 4. The number of aromatic amines is 1. The zero-order valence-electron chi connectivity index (χ0n) is 12.4. The molecule has 2 aromatic heterocycles. The molecule has 0 aliphatic carbocycles. The van der Waals surface area contributed by atoms with Crippen LogP contribution < -0.4 is 11.1 Å². The van der Waals surface area contributed by atoms with E-state index in [0.29, 0.717) is 10.9 Å². The summed E-state index contributed by atoms with van der Waals surface area (Å²) in [6, 6.07) is 5.75. The van der Waals surface area contributed by atoms with Crippen molar-refractivity contribution in [3.05, 3.63) is 53.5 Å². The number of anilines is 1. The first-order valence-corrected chi connectivity index (χ1v) is 6.88. The normalized spacial score (nSPS) is 11.5. The van der Waals surface area contributed by atoms with Crippen molar-refractivity contribution in [1.29, 1.82) is 0 Å². The summed E-state index contributed by atoms with van der Waals surface area (Å²) < 4.78 is 38.1. The standard InChI is InChI=1S/C15H10F3N5O2/c16-15(17,18)12-3-1-2-9(21-12)14(25)22-11-4-7-6-20-23-10(7)5-8(11)13(19)24/h1-6H,(H2,19,24)(H,20,23)(H,22,25). The molecule has 0 spiro atoms. The number of carbonyl (C=O) groups excluding carboxylic acids is 2. The fourth-order valence-corrected chi connectivity index (χ4v) is 2.20. The lowest BCUT2D eigenvalue weighted by Gasteiger charge is -2.10. The SMILES string of the molecule is NC(=O)c1cc2n[nH]cc2cc1NC(=O)c1cccc(C(F)(F)F)n1. The topological polar surface area (TPSA) is 114 Å². The molecule has 128 valence electrons. The molecule has 4 N–H and O–H groups in total. The highest BCUT2D eigenvalue weighted by Crippen LogP contribution is 2.28. The van der Waals surface area contributed by atoms with Gasteiger partial charge in [0.15, 0.2) is 0 Å². The zero-order chi connectivity index (χ0) is 18.2. The van der Waals surface area contributed by atoms with Crippen LogP contribution in [0, 0.1) is 0 Å². The van der Waals surface area contributed by atoms with Crippen LogP contribution in [0.4, 0.5) is 18.9 Å². The second-order valence-electron chi connectivity index (χ2n) is 5.07. The van der Waals surface area contributed by atoms with E-state index in [9.17, 15) is 22.8 Å². The van der Waals surface area contributed by atoms with Crippen molar-refractivity contribution in [2.75, 3.05) is 5.32 Å². The number of rotatable bonds is 3. The molecule has 0 fully saturated rings. The summed E-state index contributed by atoms with van der Waals surface area (Å²) in [6.07, 6.45) is -3.15. The highest BCUT2D eigenvalue weighted by molar-refractivity contribution is 6.10. The number of H-pyrrole nitrogens is 1. The average molecular weight is 349 g/mol. The molecule has 7 nitrogen and oxygen atoms in total. The van der Waals surface area contributed by atoms with Crippen LogP contribution in [0.3, 0.4) is 0 Å². The summed E-state index contributed by atoms with van der Waals surface area (Å²) >= 11 is 0. The number of aromatic nitrogens is 3. The molecule has 10 heteroatoms. The van der Waals surface area contributed by atoms with Gasteiger partial charge in [0.2, 0.25) is 0 Å². The number of halogens is 3. The van der Waals surface area contributed by atoms with E-state index in [1.54, 1.807) is 0 Å². The number of fused-ring (bicyclic) bond motifs is 1. The summed E-state index contributed by atoms with van der Waals surface area (Å²) in [4.78, 5) is 27.1. The average Bonchev–Trinajstić information content (AvgIpc) is 3.00. The van der Waals surface area contributed by atoms with Crippen LogP contribution in [0.25, 0.3) is 10.9 Å². The lowest BCUT2D eigenvalue weighted by Crippen LogP contribution is -2.20. The Kier molecular flexibility index (Phi) is 3.87. The Morgan fingerprint density at radius 2 is 1.96 bits per heavy atom. The molecule has 3 aromatic rings. The number of carbonyl (C=O) groups is 2. The molecule has 3 rings (SSSR count). The summed E-state index contributed by atoms with van der Waals surface area (Å²) in [5, 5.41) is 9.42. The van der Waals surface area contributed by atoms with E-state index in [1.807, 2.05) is 0 Å². The van der Waals surface area contributed by atoms with Gasteiger partial charge in [-0.15, -0.1) is 0 Å². The number of nitrogens with one attached hydrogen (secondary N) is 2. The third kappa shape index (κ3) is 3.27. The molecule has 0 aliphatic heterocycles. The fraction of sp³-hybridized carbons (Fsp3) is 0.0667. The van der Waals surface area contributed by atoms with Crippen molar-refractivity contribution in [1.82, 2.24) is 15.2 Å². The summed E-state index contributed by atoms with van der Waals surface area (Å²) in [6.45, 7) is 0. The van der Waals surface area contributed by atoms with Gasteiger partial charge < -0.3 is 11.1 Å². The first-order valence-electron chi connectivity index (χ1n) is 6.88. The lowest BCUT2D eigenvalue weighted by atomic mass is 10.1. The molecule has 0 saturated heterocycles. The van der Waals surface area contributed by atoms with Gasteiger partial charge in [-0.05, 0) is 24.3 Å². The number of alkyl halides is 3. The quantitative estimate of drug-likeness (QED) is 0.673. The van der Waals surface area contributed by atoms with E-state index >= 15 is 0 Å². The third-order valence-electron chi connectivity index (χ3n) is 3.36. The van der Waals surface area contributed by atoms with E-state index in [-0.39, 0.29) is 11.3 Å². The zero-order valence-corrected chi connectivity index (χ0v) is 12.4. The molecule has 0 unspecified atom stereocenters. The minimum atomic E-state index is -4.68. The van der Waals surface area contributed by atoms with Crippen LogP contribution in [0.5, 0.6) is 0 Å². The molecular weight excluding hydrogens is 339 g/mol. The van der Waals surface area contributed by atoms with Gasteiger partial charge in [0.1, 0.15) is 11.4 Å². The van der Waals surface area contributed by atoms with Crippen molar-refractivity contribution in [3.8, 4) is 0 Å². The Bertz CT molecular complexity index is 981. The number of nitrogens with zero attached hydrogens (tertiary/aromatic N) is 2. The fourth-order valence-electron chi connectivity index (χ4n) is 2.20. The van der Waals surface area contributed by atoms with Crippen LogP contribution in [0.15, 0.2) is 36.5 Å². The number of primary amides is 1. The van der Waals surface area contributed by atoms with Gasteiger partial charge in [-0.1, -0.05) is 6.07 Å². The first kappa shape index (κ1) is 16.4. The molecule has 25 heavy (non-hydrogen) atoms. The number of hydrogen-bond donors (Lipinski definition) is 3. The molecular formula is C15H10F3N5O2. The van der Waals surface area contributed by atoms with E-state index in [4.69, 9.17) is 5.73 Å². The van der Waals surface area contributed by atoms with Crippen molar-refractivity contribution >= 4 is 28.4 Å². The van der Waals surface area contributed by atoms with Crippen molar-refractivity contribution in [2.24, 2.45) is 5.73 Å². The van der Waals surface area contributed by atoms with Gasteiger partial charge >= 0.3 is 6.18 Å². The molecule has 2 heterocycles. The summed E-state index contributed by atoms with van der Waals surface area (Å²) in [7, 11) is 0. The summed E-state index contributed by atoms with van der Waals surface area (Å²) in [5.74, 6) is -1.73. The minimum absolute atomic E-state index is 0.0278. The highest BCUT2D eigenvalue weighted by atomic mass is 19.4. The maximum atomic E-state index is 12.7. The van der Waals surface area contributed by atoms with Crippen LogP contribution in [0.2, 0.25) is 0 Å². The maximum absolute atomic E-state index is 12.7. The predicted octanol–water partition coefficient (Wildman–Crippen LogP) is 2.33. The van der Waals surface area contributed by atoms with Gasteiger partial charge in [0, 0.05) is 11.6 Å². The predicted molar refractivity (Wildman–Crippen MR) is 81.8 cm³/mol. The van der Waals surface area contributed by atoms with Crippen molar-refractivity contribution < 1.29 is 22.8 Å². The van der Waals surface area contributed by atoms with Gasteiger partial charge in [0.05, 0.1) is 16.8 Å². The Hall–Kier alpha value is -3.43. The molecule has 0 atom stereocenters. The Balaban J connectivity index is 1.97. The van der Waals surface area contributed by atoms with Crippen LogP contribution >= 0.6 is 0 Å².